The first kappa shape index (κ1) is 16.6. The molecular weight excluding hydrogens is 278 g/mol. The van der Waals surface area contributed by atoms with Crippen molar-refractivity contribution in [2.24, 2.45) is 0 Å². The average molecular weight is 299 g/mol. The number of nitrogens with zero attached hydrogens (tertiary/aromatic N) is 2. The maximum absolute atomic E-state index is 12.0. The van der Waals surface area contributed by atoms with Crippen molar-refractivity contribution < 1.29 is 14.7 Å². The van der Waals surface area contributed by atoms with E-state index in [2.05, 4.69) is 10.4 Å². The highest BCUT2D eigenvalue weighted by molar-refractivity contribution is 7.99. The number of aliphatic carboxylic acids is 1. The molecule has 1 aromatic heterocycles. The Morgan fingerprint density at radius 2 is 2.10 bits per heavy atom. The van der Waals surface area contributed by atoms with Crippen molar-refractivity contribution >= 4 is 23.6 Å². The number of carbonyl (C=O) groups excluding carboxylic acids is 1. The molecule has 112 valence electrons. The van der Waals surface area contributed by atoms with Crippen LogP contribution in [0.4, 0.5) is 0 Å². The fraction of sp³-hybridized carbons (Fsp3) is 0.615. The summed E-state index contributed by atoms with van der Waals surface area (Å²) in [4.78, 5) is 22.4. The molecule has 1 amide bonds. The Morgan fingerprint density at radius 3 is 2.60 bits per heavy atom. The van der Waals surface area contributed by atoms with Crippen molar-refractivity contribution in [3.8, 4) is 0 Å². The first-order valence-corrected chi connectivity index (χ1v) is 7.52. The SMILES string of the molecule is Cc1c(C(=O)NCCSCC(=O)O)cnn1C(C)(C)C. The zero-order chi connectivity index (χ0) is 15.3. The van der Waals surface area contributed by atoms with Crippen LogP contribution in [-0.4, -0.2) is 44.8 Å². The van der Waals surface area contributed by atoms with Crippen molar-refractivity contribution in [3.05, 3.63) is 17.5 Å². The van der Waals surface area contributed by atoms with Crippen molar-refractivity contribution in [1.82, 2.24) is 15.1 Å². The molecule has 0 atom stereocenters. The fourth-order valence-corrected chi connectivity index (χ4v) is 2.37. The highest BCUT2D eigenvalue weighted by atomic mass is 32.2. The van der Waals surface area contributed by atoms with Crippen LogP contribution in [0, 0.1) is 6.92 Å². The first-order valence-electron chi connectivity index (χ1n) is 6.36. The maximum atomic E-state index is 12.0. The number of nitrogens with one attached hydrogen (secondary N) is 1. The van der Waals surface area contributed by atoms with E-state index in [0.29, 0.717) is 17.9 Å². The quantitative estimate of drug-likeness (QED) is 0.778. The number of amides is 1. The number of carboxylic acids is 1. The van der Waals surface area contributed by atoms with Crippen LogP contribution in [0.15, 0.2) is 6.20 Å². The number of thioether (sulfide) groups is 1. The Morgan fingerprint density at radius 1 is 1.45 bits per heavy atom. The summed E-state index contributed by atoms with van der Waals surface area (Å²) in [6, 6.07) is 0. The minimum atomic E-state index is -0.844. The Bertz CT molecular complexity index is 492. The van der Waals surface area contributed by atoms with Gasteiger partial charge in [0.2, 0.25) is 0 Å². The van der Waals surface area contributed by atoms with Gasteiger partial charge in [0, 0.05) is 18.0 Å². The number of carboxylic acid groups (broad SMARTS) is 1. The molecule has 1 aromatic rings. The van der Waals surface area contributed by atoms with Crippen LogP contribution in [0.3, 0.4) is 0 Å². The Hall–Kier alpha value is -1.50. The molecule has 0 bridgehead atoms. The van der Waals surface area contributed by atoms with E-state index in [0.717, 1.165) is 5.69 Å². The molecule has 1 rings (SSSR count). The van der Waals surface area contributed by atoms with Gasteiger partial charge in [0.1, 0.15) is 0 Å². The van der Waals surface area contributed by atoms with Crippen LogP contribution in [0.5, 0.6) is 0 Å². The topological polar surface area (TPSA) is 84.2 Å². The second kappa shape index (κ2) is 6.78. The van der Waals surface area contributed by atoms with Gasteiger partial charge in [-0.3, -0.25) is 14.3 Å². The number of hydrogen-bond acceptors (Lipinski definition) is 4. The lowest BCUT2D eigenvalue weighted by Crippen LogP contribution is -2.28. The molecule has 7 heteroatoms. The summed E-state index contributed by atoms with van der Waals surface area (Å²) < 4.78 is 1.82. The molecule has 2 N–H and O–H groups in total. The lowest BCUT2D eigenvalue weighted by atomic mass is 10.1. The van der Waals surface area contributed by atoms with Gasteiger partial charge in [0.05, 0.1) is 23.1 Å². The molecule has 6 nitrogen and oxygen atoms in total. The number of aromatic nitrogens is 2. The number of carbonyl (C=O) groups is 2. The summed E-state index contributed by atoms with van der Waals surface area (Å²) in [5, 5.41) is 15.5. The third kappa shape index (κ3) is 4.56. The van der Waals surface area contributed by atoms with Crippen LogP contribution >= 0.6 is 11.8 Å². The molecule has 0 spiro atoms. The molecule has 0 fully saturated rings. The molecule has 0 saturated carbocycles. The average Bonchev–Trinajstić information content (AvgIpc) is 2.69. The zero-order valence-electron chi connectivity index (χ0n) is 12.3. The number of rotatable bonds is 6. The fourth-order valence-electron chi connectivity index (χ4n) is 1.80. The van der Waals surface area contributed by atoms with Gasteiger partial charge in [0.15, 0.2) is 0 Å². The molecule has 0 aromatic carbocycles. The van der Waals surface area contributed by atoms with Gasteiger partial charge in [-0.15, -0.1) is 11.8 Å². The number of hydrogen-bond donors (Lipinski definition) is 2. The molecule has 20 heavy (non-hydrogen) atoms. The molecule has 0 saturated heterocycles. The molecule has 0 aliphatic rings. The highest BCUT2D eigenvalue weighted by Crippen LogP contribution is 2.18. The summed E-state index contributed by atoms with van der Waals surface area (Å²) in [5.41, 5.74) is 1.22. The van der Waals surface area contributed by atoms with Gasteiger partial charge in [-0.05, 0) is 27.7 Å². The summed E-state index contributed by atoms with van der Waals surface area (Å²) in [5.74, 6) is -0.390. The maximum Gasteiger partial charge on any atom is 0.313 e. The monoisotopic (exact) mass is 299 g/mol. The normalized spacial score (nSPS) is 11.4. The van der Waals surface area contributed by atoms with Crippen molar-refractivity contribution in [3.63, 3.8) is 0 Å². The van der Waals surface area contributed by atoms with E-state index < -0.39 is 5.97 Å². The van der Waals surface area contributed by atoms with E-state index in [1.807, 2.05) is 32.4 Å². The van der Waals surface area contributed by atoms with E-state index in [-0.39, 0.29) is 17.2 Å². The van der Waals surface area contributed by atoms with Crippen LogP contribution in [0.1, 0.15) is 36.8 Å². The van der Waals surface area contributed by atoms with E-state index in [1.165, 1.54) is 11.8 Å². The van der Waals surface area contributed by atoms with Gasteiger partial charge < -0.3 is 10.4 Å². The van der Waals surface area contributed by atoms with Crippen LogP contribution in [-0.2, 0) is 10.3 Å². The Labute approximate surface area is 122 Å². The lowest BCUT2D eigenvalue weighted by molar-refractivity contribution is -0.133. The van der Waals surface area contributed by atoms with Crippen LogP contribution in [0.2, 0.25) is 0 Å². The summed E-state index contributed by atoms with van der Waals surface area (Å²) in [6.07, 6.45) is 1.57. The Kier molecular flexibility index (Phi) is 5.62. The first-order chi connectivity index (χ1) is 9.23. The van der Waals surface area contributed by atoms with Gasteiger partial charge >= 0.3 is 5.97 Å². The van der Waals surface area contributed by atoms with E-state index in [1.54, 1.807) is 6.20 Å². The van der Waals surface area contributed by atoms with Gasteiger partial charge in [-0.2, -0.15) is 5.10 Å². The predicted molar refractivity (Wildman–Crippen MR) is 79.3 cm³/mol. The highest BCUT2D eigenvalue weighted by Gasteiger charge is 2.21. The molecule has 0 aliphatic heterocycles. The molecule has 0 unspecified atom stereocenters. The van der Waals surface area contributed by atoms with Crippen LogP contribution in [0.25, 0.3) is 0 Å². The van der Waals surface area contributed by atoms with E-state index >= 15 is 0 Å². The minimum absolute atomic E-state index is 0.0524. The second-order valence-electron chi connectivity index (χ2n) is 5.43. The van der Waals surface area contributed by atoms with Crippen LogP contribution < -0.4 is 5.32 Å². The molecule has 0 aliphatic carbocycles. The van der Waals surface area contributed by atoms with Crippen molar-refractivity contribution in [2.45, 2.75) is 33.2 Å². The summed E-state index contributed by atoms with van der Waals surface area (Å²) >= 11 is 1.28. The van der Waals surface area contributed by atoms with E-state index in [4.69, 9.17) is 5.11 Å². The van der Waals surface area contributed by atoms with Gasteiger partial charge in [-0.25, -0.2) is 0 Å². The summed E-state index contributed by atoms with van der Waals surface area (Å²) in [6.45, 7) is 8.38. The lowest BCUT2D eigenvalue weighted by Gasteiger charge is -2.21. The Balaban J connectivity index is 2.53. The smallest absolute Gasteiger partial charge is 0.313 e. The van der Waals surface area contributed by atoms with Crippen molar-refractivity contribution in [2.75, 3.05) is 18.1 Å². The summed E-state index contributed by atoms with van der Waals surface area (Å²) in [7, 11) is 0. The minimum Gasteiger partial charge on any atom is -0.481 e. The van der Waals surface area contributed by atoms with Crippen molar-refractivity contribution in [1.29, 1.82) is 0 Å². The third-order valence-corrected chi connectivity index (χ3v) is 3.59. The largest absolute Gasteiger partial charge is 0.481 e. The second-order valence-corrected chi connectivity index (χ2v) is 6.53. The molecular formula is C13H21N3O3S. The zero-order valence-corrected chi connectivity index (χ0v) is 13.1. The molecule has 0 radical (unpaired) electrons. The van der Waals surface area contributed by atoms with Gasteiger partial charge in [0.25, 0.3) is 5.91 Å². The van der Waals surface area contributed by atoms with Gasteiger partial charge in [-0.1, -0.05) is 0 Å². The van der Waals surface area contributed by atoms with E-state index in [9.17, 15) is 9.59 Å². The predicted octanol–water partition coefficient (Wildman–Crippen LogP) is 1.49. The molecule has 1 heterocycles. The third-order valence-electron chi connectivity index (χ3n) is 2.65. The standard InChI is InChI=1S/C13H21N3O3S/c1-9-10(7-15-16(9)13(2,3)4)12(19)14-5-6-20-8-11(17)18/h7H,5-6,8H2,1-4H3,(H,14,19)(H,17,18).